The van der Waals surface area contributed by atoms with Crippen molar-refractivity contribution >= 4 is 22.6 Å². The molecule has 0 aliphatic carbocycles. The Morgan fingerprint density at radius 1 is 1.24 bits per heavy atom. The van der Waals surface area contributed by atoms with Crippen LogP contribution in [0.5, 0.6) is 0 Å². The molecule has 0 aromatic carbocycles. The SMILES string of the molecule is Clc1nc(Cc2ccccn2)c2cn[nH]c2n1. The predicted molar refractivity (Wildman–Crippen MR) is 63.7 cm³/mol. The lowest BCUT2D eigenvalue weighted by Gasteiger charge is -2.01. The molecule has 3 rings (SSSR count). The molecule has 0 fully saturated rings. The van der Waals surface area contributed by atoms with E-state index in [1.165, 1.54) is 0 Å². The maximum Gasteiger partial charge on any atom is 0.224 e. The monoisotopic (exact) mass is 245 g/mol. The average molecular weight is 246 g/mol. The molecule has 17 heavy (non-hydrogen) atoms. The lowest BCUT2D eigenvalue weighted by atomic mass is 10.2. The molecule has 0 saturated heterocycles. The highest BCUT2D eigenvalue weighted by Gasteiger charge is 2.09. The summed E-state index contributed by atoms with van der Waals surface area (Å²) in [7, 11) is 0. The van der Waals surface area contributed by atoms with Gasteiger partial charge in [0, 0.05) is 18.3 Å². The Bertz CT molecular complexity index is 649. The quantitative estimate of drug-likeness (QED) is 0.701. The van der Waals surface area contributed by atoms with Crippen molar-refractivity contribution in [3.63, 3.8) is 0 Å². The summed E-state index contributed by atoms with van der Waals surface area (Å²) in [5.41, 5.74) is 2.41. The summed E-state index contributed by atoms with van der Waals surface area (Å²) in [6.45, 7) is 0. The van der Waals surface area contributed by atoms with Gasteiger partial charge in [-0.1, -0.05) is 6.07 Å². The molecule has 3 aromatic heterocycles. The van der Waals surface area contributed by atoms with E-state index in [2.05, 4.69) is 25.1 Å². The molecule has 0 aliphatic rings. The Labute approximate surface area is 102 Å². The van der Waals surface area contributed by atoms with Crippen molar-refractivity contribution in [2.24, 2.45) is 0 Å². The summed E-state index contributed by atoms with van der Waals surface area (Å²) in [5.74, 6) is 0. The van der Waals surface area contributed by atoms with E-state index in [1.807, 2.05) is 18.2 Å². The molecule has 6 heteroatoms. The fraction of sp³-hybridized carbons (Fsp3) is 0.0909. The van der Waals surface area contributed by atoms with Gasteiger partial charge >= 0.3 is 0 Å². The molecule has 0 bridgehead atoms. The van der Waals surface area contributed by atoms with Crippen LogP contribution < -0.4 is 0 Å². The molecule has 5 nitrogen and oxygen atoms in total. The molecule has 3 aromatic rings. The highest BCUT2D eigenvalue weighted by atomic mass is 35.5. The summed E-state index contributed by atoms with van der Waals surface area (Å²) in [5, 5.41) is 7.81. The number of fused-ring (bicyclic) bond motifs is 1. The van der Waals surface area contributed by atoms with E-state index in [0.717, 1.165) is 16.8 Å². The van der Waals surface area contributed by atoms with Gasteiger partial charge in [-0.15, -0.1) is 0 Å². The second-order valence-electron chi connectivity index (χ2n) is 3.57. The number of pyridine rings is 1. The molecule has 3 heterocycles. The highest BCUT2D eigenvalue weighted by molar-refractivity contribution is 6.28. The fourth-order valence-electron chi connectivity index (χ4n) is 1.67. The van der Waals surface area contributed by atoms with Crippen LogP contribution in [0, 0.1) is 0 Å². The fourth-order valence-corrected chi connectivity index (χ4v) is 1.86. The van der Waals surface area contributed by atoms with Gasteiger partial charge in [0.05, 0.1) is 17.3 Å². The minimum atomic E-state index is 0.215. The van der Waals surface area contributed by atoms with Crippen molar-refractivity contribution in [3.8, 4) is 0 Å². The second-order valence-corrected chi connectivity index (χ2v) is 3.91. The molecular formula is C11H8ClN5. The van der Waals surface area contributed by atoms with Crippen LogP contribution in [0.25, 0.3) is 11.0 Å². The summed E-state index contributed by atoms with van der Waals surface area (Å²) in [6.07, 6.45) is 4.06. The number of halogens is 1. The summed E-state index contributed by atoms with van der Waals surface area (Å²) in [4.78, 5) is 12.5. The van der Waals surface area contributed by atoms with Crippen LogP contribution >= 0.6 is 11.6 Å². The number of hydrogen-bond donors (Lipinski definition) is 1. The van der Waals surface area contributed by atoms with Gasteiger partial charge in [-0.05, 0) is 23.7 Å². The molecule has 0 unspecified atom stereocenters. The summed E-state index contributed by atoms with van der Waals surface area (Å²) in [6, 6.07) is 5.77. The van der Waals surface area contributed by atoms with Crippen molar-refractivity contribution in [1.82, 2.24) is 25.1 Å². The zero-order valence-electron chi connectivity index (χ0n) is 8.76. The predicted octanol–water partition coefficient (Wildman–Crippen LogP) is 1.99. The normalized spacial score (nSPS) is 10.9. The molecular weight excluding hydrogens is 238 g/mol. The van der Waals surface area contributed by atoms with Crippen LogP contribution in [-0.4, -0.2) is 25.1 Å². The minimum Gasteiger partial charge on any atom is -0.261 e. The first-order chi connectivity index (χ1) is 8.33. The van der Waals surface area contributed by atoms with E-state index in [1.54, 1.807) is 12.4 Å². The molecule has 0 radical (unpaired) electrons. The standard InChI is InChI=1S/C11H8ClN5/c12-11-15-9(5-7-3-1-2-4-13-7)8-6-14-17-10(8)16-11/h1-4,6H,5H2,(H,14,15,16,17). The van der Waals surface area contributed by atoms with Crippen LogP contribution in [0.3, 0.4) is 0 Å². The van der Waals surface area contributed by atoms with E-state index in [9.17, 15) is 0 Å². The van der Waals surface area contributed by atoms with E-state index in [0.29, 0.717) is 12.1 Å². The largest absolute Gasteiger partial charge is 0.261 e. The van der Waals surface area contributed by atoms with Crippen molar-refractivity contribution < 1.29 is 0 Å². The molecule has 0 amide bonds. The second kappa shape index (κ2) is 4.10. The van der Waals surface area contributed by atoms with Crippen molar-refractivity contribution in [3.05, 3.63) is 47.3 Å². The average Bonchev–Trinajstić information content (AvgIpc) is 2.78. The number of aromatic nitrogens is 5. The van der Waals surface area contributed by atoms with Crippen LogP contribution in [0.1, 0.15) is 11.4 Å². The maximum absolute atomic E-state index is 5.86. The molecule has 0 atom stereocenters. The van der Waals surface area contributed by atoms with Gasteiger partial charge in [-0.3, -0.25) is 10.1 Å². The first kappa shape index (κ1) is 10.2. The van der Waals surface area contributed by atoms with Gasteiger partial charge in [0.1, 0.15) is 0 Å². The van der Waals surface area contributed by atoms with Crippen LogP contribution in [-0.2, 0) is 6.42 Å². The van der Waals surface area contributed by atoms with Crippen molar-refractivity contribution in [2.75, 3.05) is 0 Å². The topological polar surface area (TPSA) is 67.3 Å². The molecule has 0 aliphatic heterocycles. The third-order valence-corrected chi connectivity index (χ3v) is 2.61. The van der Waals surface area contributed by atoms with E-state index < -0.39 is 0 Å². The number of hydrogen-bond acceptors (Lipinski definition) is 4. The van der Waals surface area contributed by atoms with E-state index in [-0.39, 0.29) is 5.28 Å². The summed E-state index contributed by atoms with van der Waals surface area (Å²) < 4.78 is 0. The number of rotatable bonds is 2. The minimum absolute atomic E-state index is 0.215. The lowest BCUT2D eigenvalue weighted by molar-refractivity contribution is 1.01. The third kappa shape index (κ3) is 1.97. The Morgan fingerprint density at radius 3 is 3.00 bits per heavy atom. The first-order valence-corrected chi connectivity index (χ1v) is 5.46. The molecule has 0 spiro atoms. The van der Waals surface area contributed by atoms with Crippen molar-refractivity contribution in [1.29, 1.82) is 0 Å². The van der Waals surface area contributed by atoms with E-state index in [4.69, 9.17) is 11.6 Å². The van der Waals surface area contributed by atoms with Crippen LogP contribution in [0.2, 0.25) is 5.28 Å². The Hall–Kier alpha value is -2.01. The number of nitrogens with one attached hydrogen (secondary N) is 1. The van der Waals surface area contributed by atoms with E-state index >= 15 is 0 Å². The number of aromatic amines is 1. The molecule has 84 valence electrons. The van der Waals surface area contributed by atoms with Gasteiger partial charge in [-0.25, -0.2) is 4.98 Å². The van der Waals surface area contributed by atoms with Gasteiger partial charge in [0.15, 0.2) is 5.65 Å². The molecule has 0 saturated carbocycles. The summed E-state index contributed by atoms with van der Waals surface area (Å²) >= 11 is 5.86. The first-order valence-electron chi connectivity index (χ1n) is 5.08. The highest BCUT2D eigenvalue weighted by Crippen LogP contribution is 2.17. The Kier molecular flexibility index (Phi) is 2.45. The van der Waals surface area contributed by atoms with Gasteiger partial charge < -0.3 is 0 Å². The van der Waals surface area contributed by atoms with Gasteiger partial charge in [0.2, 0.25) is 5.28 Å². The van der Waals surface area contributed by atoms with Gasteiger partial charge in [0.25, 0.3) is 0 Å². The van der Waals surface area contributed by atoms with Gasteiger partial charge in [-0.2, -0.15) is 10.1 Å². The maximum atomic E-state index is 5.86. The Morgan fingerprint density at radius 2 is 2.18 bits per heavy atom. The van der Waals surface area contributed by atoms with Crippen LogP contribution in [0.4, 0.5) is 0 Å². The molecule has 1 N–H and O–H groups in total. The third-order valence-electron chi connectivity index (χ3n) is 2.44. The lowest BCUT2D eigenvalue weighted by Crippen LogP contribution is -1.97. The zero-order valence-corrected chi connectivity index (χ0v) is 9.52. The zero-order chi connectivity index (χ0) is 11.7. The number of H-pyrrole nitrogens is 1. The Balaban J connectivity index is 2.08. The van der Waals surface area contributed by atoms with Crippen molar-refractivity contribution in [2.45, 2.75) is 6.42 Å². The number of nitrogens with zero attached hydrogens (tertiary/aromatic N) is 4. The van der Waals surface area contributed by atoms with Crippen LogP contribution in [0.15, 0.2) is 30.6 Å². The smallest absolute Gasteiger partial charge is 0.224 e.